The summed E-state index contributed by atoms with van der Waals surface area (Å²) in [7, 11) is 9.78. The van der Waals surface area contributed by atoms with E-state index >= 15 is 0 Å². The summed E-state index contributed by atoms with van der Waals surface area (Å²) in [5.74, 6) is 0.263. The van der Waals surface area contributed by atoms with E-state index in [2.05, 4.69) is 24.3 Å². The van der Waals surface area contributed by atoms with Crippen LogP contribution in [0.5, 0.6) is 0 Å². The number of carbonyl (C=O) groups excluding carboxylic acids is 1. The molecule has 4 heteroatoms. The van der Waals surface area contributed by atoms with Gasteiger partial charge in [-0.15, -0.1) is 6.42 Å². The average molecular weight is 276 g/mol. The van der Waals surface area contributed by atoms with Gasteiger partial charge in [0.15, 0.2) is 0 Å². The topological polar surface area (TPSA) is 17.1 Å². The Morgan fingerprint density at radius 1 is 1.33 bits per heavy atom. The molecule has 1 aliphatic carbocycles. The molecule has 1 aliphatic rings. The zero-order chi connectivity index (χ0) is 11.1. The van der Waals surface area contributed by atoms with Crippen LogP contribution in [-0.2, 0) is 21.8 Å². The number of halogens is 2. The van der Waals surface area contributed by atoms with Gasteiger partial charge in [0.05, 0.1) is 0 Å². The second kappa shape index (κ2) is 7.24. The van der Waals surface area contributed by atoms with Crippen LogP contribution < -0.4 is 0 Å². The Balaban J connectivity index is 0.000000337. The van der Waals surface area contributed by atoms with Gasteiger partial charge in [-0.25, -0.2) is 0 Å². The number of rotatable bonds is 2. The van der Waals surface area contributed by atoms with Gasteiger partial charge in [-0.2, -0.15) is 0 Å². The molecule has 1 aromatic rings. The molecule has 15 heavy (non-hydrogen) atoms. The van der Waals surface area contributed by atoms with Gasteiger partial charge in [0.25, 0.3) is 0 Å². The predicted molar refractivity (Wildman–Crippen MR) is 60.2 cm³/mol. The van der Waals surface area contributed by atoms with E-state index in [1.54, 1.807) is 0 Å². The van der Waals surface area contributed by atoms with Crippen LogP contribution in [0.4, 0.5) is 0 Å². The summed E-state index contributed by atoms with van der Waals surface area (Å²) >= 11 is -0.556. The molecule has 0 heterocycles. The predicted octanol–water partition coefficient (Wildman–Crippen LogP) is 3.67. The summed E-state index contributed by atoms with van der Waals surface area (Å²) in [6.45, 7) is 0. The van der Waals surface area contributed by atoms with Crippen molar-refractivity contribution in [1.29, 1.82) is 0 Å². The first-order valence-electron chi connectivity index (χ1n) is 4.42. The van der Waals surface area contributed by atoms with E-state index in [0.717, 1.165) is 0 Å². The van der Waals surface area contributed by atoms with Gasteiger partial charge >= 0.3 is 35.6 Å². The molecule has 1 unspecified atom stereocenters. The Bertz CT molecular complexity index is 352. The molecule has 0 saturated heterocycles. The van der Waals surface area contributed by atoms with E-state index in [1.807, 2.05) is 18.4 Å². The third-order valence-electron chi connectivity index (χ3n) is 2.21. The second-order valence-electron chi connectivity index (χ2n) is 3.01. The Morgan fingerprint density at radius 3 is 2.67 bits per heavy atom. The van der Waals surface area contributed by atoms with Gasteiger partial charge in [-0.3, -0.25) is 6.29 Å². The molecule has 1 atom stereocenters. The molecule has 1 aromatic carbocycles. The van der Waals surface area contributed by atoms with Crippen LogP contribution in [-0.4, -0.2) is 6.29 Å². The zero-order valence-electron chi connectivity index (χ0n) is 7.91. The van der Waals surface area contributed by atoms with E-state index in [-0.39, 0.29) is 5.92 Å². The number of allylic oxidation sites excluding steroid dienone is 1. The molecule has 0 aromatic heterocycles. The molecule has 1 nitrogen and oxygen atoms in total. The molecule has 2 rings (SSSR count). The monoisotopic (exact) mass is 275 g/mol. The first kappa shape index (κ1) is 13.0. The molecule has 0 N–H and O–H groups in total. The normalized spacial score (nSPS) is 16.3. The van der Waals surface area contributed by atoms with Crippen LogP contribution in [0.2, 0.25) is 0 Å². The molecule has 0 aliphatic heterocycles. The summed E-state index contributed by atoms with van der Waals surface area (Å²) in [6, 6.07) is 8.15. The zero-order valence-corrected chi connectivity index (χ0v) is 11.0. The molecule has 78 valence electrons. The van der Waals surface area contributed by atoms with Gasteiger partial charge in [0, 0.05) is 0 Å². The summed E-state index contributed by atoms with van der Waals surface area (Å²) < 4.78 is 0. The van der Waals surface area contributed by atoms with Crippen molar-refractivity contribution < 1.29 is 21.8 Å². The van der Waals surface area contributed by atoms with Crippen molar-refractivity contribution in [3.05, 3.63) is 41.5 Å². The van der Waals surface area contributed by atoms with E-state index in [1.165, 1.54) is 11.1 Å². The van der Waals surface area contributed by atoms with Gasteiger partial charge in [0.1, 0.15) is 0 Å². The van der Waals surface area contributed by atoms with Crippen LogP contribution in [0.1, 0.15) is 23.5 Å². The van der Waals surface area contributed by atoms with Crippen LogP contribution in [0.15, 0.2) is 30.3 Å². The van der Waals surface area contributed by atoms with Crippen LogP contribution in [0.3, 0.4) is 0 Å². The molecule has 0 saturated carbocycles. The Labute approximate surface area is 106 Å². The molecule has 0 radical (unpaired) electrons. The van der Waals surface area contributed by atoms with Crippen LogP contribution >= 0.6 is 18.6 Å². The van der Waals surface area contributed by atoms with Crippen molar-refractivity contribution in [1.82, 2.24) is 0 Å². The van der Waals surface area contributed by atoms with Crippen molar-refractivity contribution in [2.75, 3.05) is 0 Å². The number of hydrogen-bond acceptors (Lipinski definition) is 1. The molecule has 0 bridgehead atoms. The van der Waals surface area contributed by atoms with Crippen molar-refractivity contribution >= 4 is 31.0 Å². The molecule has 0 amide bonds. The number of benzene rings is 1. The van der Waals surface area contributed by atoms with E-state index < -0.39 is 17.0 Å². The summed E-state index contributed by atoms with van der Waals surface area (Å²) in [6.07, 6.45) is 6.56. The fourth-order valence-corrected chi connectivity index (χ4v) is 1.59. The summed E-state index contributed by atoms with van der Waals surface area (Å²) in [5, 5.41) is 0. The standard InChI is InChI=1S/C11H9O.2ClH.Ti/c12-8-7-10-6-5-9-3-1-2-4-11(9)10;;;/h1-6,10H,7H2;2*1H;/q-1;;;+2/p-2. The first-order chi connectivity index (χ1) is 7.33. The number of hydrogen-bond donors (Lipinski definition) is 0. The number of fused-ring (bicyclic) bond motifs is 1. The van der Waals surface area contributed by atoms with Crippen molar-refractivity contribution in [2.45, 2.75) is 12.3 Å². The van der Waals surface area contributed by atoms with Crippen molar-refractivity contribution in [3.8, 4) is 0 Å². The van der Waals surface area contributed by atoms with Crippen molar-refractivity contribution in [3.63, 3.8) is 0 Å². The molecular formula is C11H9Cl2OTi-. The van der Waals surface area contributed by atoms with Gasteiger partial charge in [-0.1, -0.05) is 36.4 Å². The minimum atomic E-state index is -0.556. The first-order valence-corrected chi connectivity index (χ1v) is 8.71. The Hall–Kier alpha value is -0.0757. The average Bonchev–Trinajstić information content (AvgIpc) is 2.64. The fraction of sp³-hybridized carbons (Fsp3) is 0.182. The summed E-state index contributed by atoms with van der Waals surface area (Å²) in [5.41, 5.74) is 2.48. The van der Waals surface area contributed by atoms with Gasteiger partial charge < -0.3 is 4.79 Å². The molecule has 0 fully saturated rings. The third kappa shape index (κ3) is 3.77. The maximum atomic E-state index is 10.2. The maximum absolute atomic E-state index is 10.2. The Kier molecular flexibility index (Phi) is 6.27. The second-order valence-corrected chi connectivity index (χ2v) is 5.59. The van der Waals surface area contributed by atoms with Gasteiger partial charge in [-0.05, 0) is 17.0 Å². The molecule has 0 spiro atoms. The Morgan fingerprint density at radius 2 is 2.00 bits per heavy atom. The van der Waals surface area contributed by atoms with Crippen LogP contribution in [0, 0.1) is 0 Å². The third-order valence-corrected chi connectivity index (χ3v) is 2.21. The van der Waals surface area contributed by atoms with Crippen molar-refractivity contribution in [2.24, 2.45) is 0 Å². The van der Waals surface area contributed by atoms with E-state index in [9.17, 15) is 4.79 Å². The van der Waals surface area contributed by atoms with E-state index in [0.29, 0.717) is 6.42 Å². The van der Waals surface area contributed by atoms with Gasteiger partial charge in [0.2, 0.25) is 0 Å². The van der Waals surface area contributed by atoms with E-state index in [4.69, 9.17) is 18.6 Å². The van der Waals surface area contributed by atoms with Crippen LogP contribution in [0.25, 0.3) is 6.08 Å². The quantitative estimate of drug-likeness (QED) is 0.595. The molecular weight excluding hydrogens is 267 g/mol. The SMILES string of the molecule is O=[C-]CC1C=Cc2ccccc21.[Cl][Ti][Cl]. The minimum absolute atomic E-state index is 0.263. The summed E-state index contributed by atoms with van der Waals surface area (Å²) in [4.78, 5) is 10.2. The fourth-order valence-electron chi connectivity index (χ4n) is 1.59.